The van der Waals surface area contributed by atoms with Crippen molar-refractivity contribution < 1.29 is 28.2 Å². The van der Waals surface area contributed by atoms with Crippen molar-refractivity contribution in [1.82, 2.24) is 4.90 Å². The van der Waals surface area contributed by atoms with Crippen LogP contribution in [0.5, 0.6) is 0 Å². The summed E-state index contributed by atoms with van der Waals surface area (Å²) in [5, 5.41) is 9.05. The summed E-state index contributed by atoms with van der Waals surface area (Å²) in [5.41, 5.74) is -0.775. The minimum Gasteiger partial charge on any atom is -0.481 e. The molecule has 0 radical (unpaired) electrons. The number of nitrogens with zero attached hydrogens (tertiary/aromatic N) is 1. The molecule has 0 unspecified atom stereocenters. The van der Waals surface area contributed by atoms with Crippen LogP contribution in [0.3, 0.4) is 0 Å². The molecule has 1 rings (SSSR count). The van der Waals surface area contributed by atoms with E-state index in [9.17, 15) is 18.4 Å². The molecular formula is C12H19F2NO4. The summed E-state index contributed by atoms with van der Waals surface area (Å²) < 4.78 is 28.2. The van der Waals surface area contributed by atoms with E-state index in [1.807, 2.05) is 0 Å². The van der Waals surface area contributed by atoms with Gasteiger partial charge in [-0.05, 0) is 19.8 Å². The fraction of sp³-hybridized carbons (Fsp3) is 0.833. The summed E-state index contributed by atoms with van der Waals surface area (Å²) in [6.45, 7) is 1.75. The third-order valence-electron chi connectivity index (χ3n) is 3.44. The second-order valence-corrected chi connectivity index (χ2v) is 4.96. The number of carbonyl (C=O) groups excluding carboxylic acids is 1. The monoisotopic (exact) mass is 279 g/mol. The minimum absolute atomic E-state index is 0.0319. The molecule has 1 fully saturated rings. The van der Waals surface area contributed by atoms with Gasteiger partial charge >= 0.3 is 5.97 Å². The highest BCUT2D eigenvalue weighted by Gasteiger charge is 2.37. The Kier molecular flexibility index (Phi) is 5.65. The van der Waals surface area contributed by atoms with Crippen LogP contribution in [0, 0.1) is 5.41 Å². The summed E-state index contributed by atoms with van der Waals surface area (Å²) in [6, 6.07) is 0. The van der Waals surface area contributed by atoms with E-state index < -0.39 is 24.4 Å². The number of ether oxygens (including phenoxy) is 1. The van der Waals surface area contributed by atoms with Crippen LogP contribution in [0.2, 0.25) is 0 Å². The first-order valence-corrected chi connectivity index (χ1v) is 6.22. The quantitative estimate of drug-likeness (QED) is 0.746. The lowest BCUT2D eigenvalue weighted by Gasteiger charge is -2.36. The third-order valence-corrected chi connectivity index (χ3v) is 3.44. The van der Waals surface area contributed by atoms with E-state index >= 15 is 0 Å². The first-order chi connectivity index (χ1) is 8.85. The number of rotatable bonds is 6. The molecule has 0 bridgehead atoms. The van der Waals surface area contributed by atoms with E-state index in [0.29, 0.717) is 25.9 Å². The molecule has 1 aliphatic heterocycles. The number of alkyl halides is 2. The molecule has 1 amide bonds. The molecule has 0 saturated carbocycles. The Labute approximate surface area is 110 Å². The molecule has 7 heteroatoms. The summed E-state index contributed by atoms with van der Waals surface area (Å²) in [6.07, 6.45) is -1.66. The predicted octanol–water partition coefficient (Wildman–Crippen LogP) is 1.37. The van der Waals surface area contributed by atoms with E-state index in [1.165, 1.54) is 0 Å². The number of aliphatic carboxylic acids is 1. The molecule has 0 aliphatic carbocycles. The van der Waals surface area contributed by atoms with Gasteiger partial charge in [0.2, 0.25) is 5.91 Å². The van der Waals surface area contributed by atoms with Gasteiger partial charge in [-0.1, -0.05) is 0 Å². The van der Waals surface area contributed by atoms with Crippen molar-refractivity contribution in [3.8, 4) is 0 Å². The molecule has 1 saturated heterocycles. The van der Waals surface area contributed by atoms with Crippen molar-refractivity contribution in [2.75, 3.05) is 26.3 Å². The standard InChI is InChI=1S/C12H19F2NO4/c1-12(11(17)18)3-5-15(6-4-12)10(16)2-7-19-8-9(13)14/h9H,2-8H2,1H3,(H,17,18). The molecule has 1 aliphatic rings. The van der Waals surface area contributed by atoms with Crippen LogP contribution in [0.25, 0.3) is 0 Å². The maximum absolute atomic E-state index is 11.8. The number of carboxylic acids is 1. The van der Waals surface area contributed by atoms with E-state index in [-0.39, 0.29) is 18.9 Å². The lowest BCUT2D eigenvalue weighted by Crippen LogP contribution is -2.45. The van der Waals surface area contributed by atoms with Crippen molar-refractivity contribution in [3.05, 3.63) is 0 Å². The average molecular weight is 279 g/mol. The normalized spacial score (nSPS) is 18.6. The van der Waals surface area contributed by atoms with Gasteiger partial charge in [-0.2, -0.15) is 0 Å². The van der Waals surface area contributed by atoms with Crippen LogP contribution in [0.4, 0.5) is 8.78 Å². The highest BCUT2D eigenvalue weighted by molar-refractivity contribution is 5.78. The van der Waals surface area contributed by atoms with Gasteiger partial charge in [0.15, 0.2) is 0 Å². The summed E-state index contributed by atoms with van der Waals surface area (Å²) >= 11 is 0. The van der Waals surface area contributed by atoms with Gasteiger partial charge in [0.1, 0.15) is 6.61 Å². The van der Waals surface area contributed by atoms with Gasteiger partial charge in [-0.15, -0.1) is 0 Å². The molecule has 5 nitrogen and oxygen atoms in total. The van der Waals surface area contributed by atoms with Crippen LogP contribution < -0.4 is 0 Å². The summed E-state index contributed by atoms with van der Waals surface area (Å²) in [4.78, 5) is 24.3. The Morgan fingerprint density at radius 1 is 1.37 bits per heavy atom. The maximum Gasteiger partial charge on any atom is 0.309 e. The average Bonchev–Trinajstić information content (AvgIpc) is 2.35. The second kappa shape index (κ2) is 6.79. The Balaban J connectivity index is 2.27. The molecule has 0 spiro atoms. The molecule has 0 aromatic rings. The van der Waals surface area contributed by atoms with Gasteiger partial charge in [0.25, 0.3) is 6.43 Å². The largest absolute Gasteiger partial charge is 0.481 e. The van der Waals surface area contributed by atoms with Gasteiger partial charge in [-0.3, -0.25) is 9.59 Å². The van der Waals surface area contributed by atoms with Gasteiger partial charge in [0, 0.05) is 13.1 Å². The lowest BCUT2D eigenvalue weighted by molar-refractivity contribution is -0.153. The van der Waals surface area contributed by atoms with Crippen molar-refractivity contribution in [1.29, 1.82) is 0 Å². The molecule has 1 heterocycles. The van der Waals surface area contributed by atoms with Crippen LogP contribution in [0.1, 0.15) is 26.2 Å². The van der Waals surface area contributed by atoms with Gasteiger partial charge in [0.05, 0.1) is 18.4 Å². The van der Waals surface area contributed by atoms with Crippen LogP contribution in [-0.4, -0.2) is 54.6 Å². The Bertz CT molecular complexity index is 328. The van der Waals surface area contributed by atoms with Crippen LogP contribution in [-0.2, 0) is 14.3 Å². The lowest BCUT2D eigenvalue weighted by atomic mass is 9.80. The maximum atomic E-state index is 11.8. The van der Waals surface area contributed by atoms with Crippen molar-refractivity contribution in [2.45, 2.75) is 32.6 Å². The number of carbonyl (C=O) groups is 2. The summed E-state index contributed by atoms with van der Waals surface area (Å²) in [7, 11) is 0. The van der Waals surface area contributed by atoms with E-state index in [0.717, 1.165) is 0 Å². The topological polar surface area (TPSA) is 66.8 Å². The van der Waals surface area contributed by atoms with Gasteiger partial charge < -0.3 is 14.7 Å². The van der Waals surface area contributed by atoms with Crippen LogP contribution in [0.15, 0.2) is 0 Å². The van der Waals surface area contributed by atoms with Crippen molar-refractivity contribution in [3.63, 3.8) is 0 Å². The van der Waals surface area contributed by atoms with Crippen molar-refractivity contribution in [2.24, 2.45) is 5.41 Å². The molecule has 110 valence electrons. The fourth-order valence-electron chi connectivity index (χ4n) is 1.95. The predicted molar refractivity (Wildman–Crippen MR) is 63.0 cm³/mol. The first kappa shape index (κ1) is 15.8. The highest BCUT2D eigenvalue weighted by Crippen LogP contribution is 2.31. The minimum atomic E-state index is -2.53. The molecule has 0 aromatic heterocycles. The Hall–Kier alpha value is -1.24. The molecule has 19 heavy (non-hydrogen) atoms. The van der Waals surface area contributed by atoms with Crippen LogP contribution >= 0.6 is 0 Å². The van der Waals surface area contributed by atoms with E-state index in [4.69, 9.17) is 5.11 Å². The zero-order valence-corrected chi connectivity index (χ0v) is 10.9. The number of likely N-dealkylation sites (tertiary alicyclic amines) is 1. The zero-order valence-electron chi connectivity index (χ0n) is 10.9. The molecule has 1 N–H and O–H groups in total. The van der Waals surface area contributed by atoms with E-state index in [1.54, 1.807) is 11.8 Å². The number of carboxylic acid groups (broad SMARTS) is 1. The SMILES string of the molecule is CC1(C(=O)O)CCN(C(=O)CCOCC(F)F)CC1. The van der Waals surface area contributed by atoms with Gasteiger partial charge in [-0.25, -0.2) is 8.78 Å². The number of piperidine rings is 1. The molecular weight excluding hydrogens is 260 g/mol. The Morgan fingerprint density at radius 3 is 2.42 bits per heavy atom. The third kappa shape index (κ3) is 4.74. The molecule has 0 atom stereocenters. The fourth-order valence-corrected chi connectivity index (χ4v) is 1.95. The first-order valence-electron chi connectivity index (χ1n) is 6.22. The number of amides is 1. The number of hydrogen-bond donors (Lipinski definition) is 1. The zero-order chi connectivity index (χ0) is 14.5. The number of hydrogen-bond acceptors (Lipinski definition) is 3. The van der Waals surface area contributed by atoms with Crippen molar-refractivity contribution >= 4 is 11.9 Å². The Morgan fingerprint density at radius 2 is 1.95 bits per heavy atom. The number of halogens is 2. The van der Waals surface area contributed by atoms with E-state index in [2.05, 4.69) is 4.74 Å². The summed E-state index contributed by atoms with van der Waals surface area (Å²) in [5.74, 6) is -1.03. The highest BCUT2D eigenvalue weighted by atomic mass is 19.3. The second-order valence-electron chi connectivity index (χ2n) is 4.96. The smallest absolute Gasteiger partial charge is 0.309 e. The molecule has 0 aromatic carbocycles.